The second-order valence-corrected chi connectivity index (χ2v) is 3.22. The third kappa shape index (κ3) is 2.52. The molecule has 1 heterocycles. The number of hydrogen-bond acceptors (Lipinski definition) is 4. The number of aryl methyl sites for hydroxylation is 1. The molecule has 0 radical (unpaired) electrons. The highest BCUT2D eigenvalue weighted by molar-refractivity contribution is 5.93. The van der Waals surface area contributed by atoms with Crippen molar-refractivity contribution in [2.45, 2.75) is 26.2 Å². The zero-order chi connectivity index (χ0) is 11.3. The van der Waals surface area contributed by atoms with Gasteiger partial charge in [-0.1, -0.05) is 13.3 Å². The largest absolute Gasteiger partial charge is 0.468 e. The number of furan rings is 1. The second-order valence-electron chi connectivity index (χ2n) is 3.22. The van der Waals surface area contributed by atoms with Crippen molar-refractivity contribution in [1.29, 1.82) is 0 Å². The molecule has 0 unspecified atom stereocenters. The summed E-state index contributed by atoms with van der Waals surface area (Å²) in [6.07, 6.45) is 4.43. The molecular formula is C11H16O4. The fraction of sp³-hybridized carbons (Fsp3) is 0.545. The van der Waals surface area contributed by atoms with E-state index in [0.717, 1.165) is 24.8 Å². The van der Waals surface area contributed by atoms with Crippen molar-refractivity contribution in [3.63, 3.8) is 0 Å². The Balaban J connectivity index is 2.95. The molecule has 1 rings (SSSR count). The Hall–Kier alpha value is -1.45. The van der Waals surface area contributed by atoms with Crippen LogP contribution in [0.5, 0.6) is 5.95 Å². The summed E-state index contributed by atoms with van der Waals surface area (Å²) in [5.41, 5.74) is 1.26. The fourth-order valence-electron chi connectivity index (χ4n) is 1.39. The number of carbonyl (C=O) groups excluding carboxylic acids is 1. The Bertz CT molecular complexity index is 327. The highest BCUT2D eigenvalue weighted by atomic mass is 16.6. The second kappa shape index (κ2) is 5.44. The van der Waals surface area contributed by atoms with E-state index in [-0.39, 0.29) is 5.95 Å². The van der Waals surface area contributed by atoms with Crippen LogP contribution in [0.2, 0.25) is 0 Å². The van der Waals surface area contributed by atoms with E-state index < -0.39 is 5.97 Å². The van der Waals surface area contributed by atoms with Crippen molar-refractivity contribution in [3.8, 4) is 5.95 Å². The number of methoxy groups -OCH3 is 2. The topological polar surface area (TPSA) is 48.7 Å². The Morgan fingerprint density at radius 3 is 2.73 bits per heavy atom. The first kappa shape index (κ1) is 11.6. The van der Waals surface area contributed by atoms with Gasteiger partial charge in [0.05, 0.1) is 20.5 Å². The minimum Gasteiger partial charge on any atom is -0.468 e. The van der Waals surface area contributed by atoms with Gasteiger partial charge in [0.2, 0.25) is 0 Å². The molecule has 1 aromatic heterocycles. The standard InChI is InChI=1S/C11H16O4/c1-4-5-6-8-7-15-11(14-3)9(8)10(12)13-2/h7H,4-6H2,1-3H3. The van der Waals surface area contributed by atoms with Crippen LogP contribution in [0.3, 0.4) is 0 Å². The van der Waals surface area contributed by atoms with Gasteiger partial charge in [0.15, 0.2) is 0 Å². The molecule has 0 aliphatic rings. The van der Waals surface area contributed by atoms with E-state index >= 15 is 0 Å². The molecule has 0 atom stereocenters. The molecular weight excluding hydrogens is 196 g/mol. The molecule has 0 aliphatic heterocycles. The molecule has 4 nitrogen and oxygen atoms in total. The highest BCUT2D eigenvalue weighted by Gasteiger charge is 2.21. The summed E-state index contributed by atoms with van der Waals surface area (Å²) in [5.74, 6) is -0.181. The van der Waals surface area contributed by atoms with Gasteiger partial charge in [0.1, 0.15) is 5.56 Å². The predicted molar refractivity (Wildman–Crippen MR) is 55.2 cm³/mol. The van der Waals surface area contributed by atoms with Crippen molar-refractivity contribution >= 4 is 5.97 Å². The molecule has 0 aromatic carbocycles. The van der Waals surface area contributed by atoms with E-state index in [1.165, 1.54) is 14.2 Å². The van der Waals surface area contributed by atoms with Crippen LogP contribution in [0.15, 0.2) is 10.7 Å². The van der Waals surface area contributed by atoms with Gasteiger partial charge in [-0.15, -0.1) is 0 Å². The van der Waals surface area contributed by atoms with Crippen LogP contribution in [0.4, 0.5) is 0 Å². The molecule has 0 fully saturated rings. The molecule has 0 bridgehead atoms. The summed E-state index contributed by atoms with van der Waals surface area (Å²) in [6, 6.07) is 0. The molecule has 0 saturated carbocycles. The first-order chi connectivity index (χ1) is 7.24. The summed E-state index contributed by atoms with van der Waals surface area (Å²) in [7, 11) is 2.81. The SMILES string of the molecule is CCCCc1coc(OC)c1C(=O)OC. The van der Waals surface area contributed by atoms with Gasteiger partial charge >= 0.3 is 5.97 Å². The van der Waals surface area contributed by atoms with Crippen molar-refractivity contribution in [2.75, 3.05) is 14.2 Å². The summed E-state index contributed by atoms with van der Waals surface area (Å²) in [4.78, 5) is 11.5. The fourth-order valence-corrected chi connectivity index (χ4v) is 1.39. The smallest absolute Gasteiger partial charge is 0.345 e. The minimum atomic E-state index is -0.410. The zero-order valence-electron chi connectivity index (χ0n) is 9.33. The van der Waals surface area contributed by atoms with Gasteiger partial charge in [-0.05, 0) is 12.8 Å². The van der Waals surface area contributed by atoms with Crippen molar-refractivity contribution in [3.05, 3.63) is 17.4 Å². The molecule has 0 amide bonds. The predicted octanol–water partition coefficient (Wildman–Crippen LogP) is 2.42. The van der Waals surface area contributed by atoms with Gasteiger partial charge < -0.3 is 13.9 Å². The number of rotatable bonds is 5. The van der Waals surface area contributed by atoms with Crippen LogP contribution >= 0.6 is 0 Å². The third-order valence-electron chi connectivity index (χ3n) is 2.21. The maximum Gasteiger partial charge on any atom is 0.345 e. The molecule has 0 spiro atoms. The van der Waals surface area contributed by atoms with Crippen molar-refractivity contribution < 1.29 is 18.7 Å². The number of esters is 1. The normalized spacial score (nSPS) is 10.1. The van der Waals surface area contributed by atoms with Crippen LogP contribution in [0, 0.1) is 0 Å². The number of ether oxygens (including phenoxy) is 2. The zero-order valence-corrected chi connectivity index (χ0v) is 9.33. The van der Waals surface area contributed by atoms with E-state index in [4.69, 9.17) is 9.15 Å². The van der Waals surface area contributed by atoms with Gasteiger partial charge in [-0.3, -0.25) is 0 Å². The maximum absolute atomic E-state index is 11.5. The molecule has 84 valence electrons. The average molecular weight is 212 g/mol. The monoisotopic (exact) mass is 212 g/mol. The van der Waals surface area contributed by atoms with Crippen molar-refractivity contribution in [2.24, 2.45) is 0 Å². The van der Waals surface area contributed by atoms with E-state index in [1.54, 1.807) is 6.26 Å². The Morgan fingerprint density at radius 2 is 2.20 bits per heavy atom. The Labute approximate surface area is 89.2 Å². The summed E-state index contributed by atoms with van der Waals surface area (Å²) >= 11 is 0. The van der Waals surface area contributed by atoms with Crippen LogP contribution in [-0.2, 0) is 11.2 Å². The van der Waals surface area contributed by atoms with E-state index in [1.807, 2.05) is 0 Å². The first-order valence-corrected chi connectivity index (χ1v) is 4.97. The van der Waals surface area contributed by atoms with E-state index in [9.17, 15) is 4.79 Å². The van der Waals surface area contributed by atoms with Gasteiger partial charge in [-0.25, -0.2) is 4.79 Å². The molecule has 0 N–H and O–H groups in total. The summed E-state index contributed by atoms with van der Waals surface area (Å²) < 4.78 is 14.8. The number of hydrogen-bond donors (Lipinski definition) is 0. The lowest BCUT2D eigenvalue weighted by atomic mass is 10.1. The third-order valence-corrected chi connectivity index (χ3v) is 2.21. The average Bonchev–Trinajstić information content (AvgIpc) is 2.68. The van der Waals surface area contributed by atoms with Gasteiger partial charge in [0, 0.05) is 5.56 Å². The summed E-state index contributed by atoms with van der Waals surface area (Å²) in [5, 5.41) is 0. The molecule has 0 aliphatic carbocycles. The number of carbonyl (C=O) groups is 1. The quantitative estimate of drug-likeness (QED) is 0.703. The molecule has 0 saturated heterocycles. The molecule has 4 heteroatoms. The Kier molecular flexibility index (Phi) is 4.21. The molecule has 15 heavy (non-hydrogen) atoms. The van der Waals surface area contributed by atoms with Crippen LogP contribution in [0.1, 0.15) is 35.7 Å². The lowest BCUT2D eigenvalue weighted by Gasteiger charge is -2.02. The Morgan fingerprint density at radius 1 is 1.47 bits per heavy atom. The maximum atomic E-state index is 11.5. The van der Waals surface area contributed by atoms with Crippen LogP contribution in [0.25, 0.3) is 0 Å². The van der Waals surface area contributed by atoms with E-state index in [0.29, 0.717) is 5.56 Å². The lowest BCUT2D eigenvalue weighted by Crippen LogP contribution is -2.05. The lowest BCUT2D eigenvalue weighted by molar-refractivity contribution is 0.0593. The number of unbranched alkanes of at least 4 members (excludes halogenated alkanes) is 1. The summed E-state index contributed by atoms with van der Waals surface area (Å²) in [6.45, 7) is 2.09. The van der Waals surface area contributed by atoms with Gasteiger partial charge in [-0.2, -0.15) is 0 Å². The van der Waals surface area contributed by atoms with Crippen molar-refractivity contribution in [1.82, 2.24) is 0 Å². The minimum absolute atomic E-state index is 0.230. The van der Waals surface area contributed by atoms with Crippen LogP contribution in [-0.4, -0.2) is 20.2 Å². The highest BCUT2D eigenvalue weighted by Crippen LogP contribution is 2.26. The first-order valence-electron chi connectivity index (χ1n) is 4.97. The van der Waals surface area contributed by atoms with E-state index in [2.05, 4.69) is 11.7 Å². The molecule has 1 aromatic rings. The van der Waals surface area contributed by atoms with Crippen LogP contribution < -0.4 is 4.74 Å². The van der Waals surface area contributed by atoms with Gasteiger partial charge in [0.25, 0.3) is 5.95 Å².